The second-order valence-electron chi connectivity index (χ2n) is 11.0. The molecule has 35 heavy (non-hydrogen) atoms. The van der Waals surface area contributed by atoms with Crippen molar-refractivity contribution in [2.75, 3.05) is 0 Å². The van der Waals surface area contributed by atoms with Gasteiger partial charge in [0.15, 0.2) is 0 Å². The molecule has 1 fully saturated rings. The molecule has 0 amide bonds. The molecule has 0 heterocycles. The van der Waals surface area contributed by atoms with Crippen LogP contribution in [0.15, 0.2) is 86.0 Å². The molecule has 1 aliphatic rings. The van der Waals surface area contributed by atoms with E-state index in [2.05, 4.69) is 113 Å². The minimum absolute atomic E-state index is 0.0457. The summed E-state index contributed by atoms with van der Waals surface area (Å²) in [6, 6.07) is 21.7. The fraction of sp³-hybridized carbons (Fsp3) is 0.455. The molecular formula is C33H44OSi. The van der Waals surface area contributed by atoms with Crippen LogP contribution in [0.4, 0.5) is 0 Å². The summed E-state index contributed by atoms with van der Waals surface area (Å²) in [5.74, 6) is 7.99. The molecule has 3 rings (SSSR count). The summed E-state index contributed by atoms with van der Waals surface area (Å²) >= 11 is 0. The summed E-state index contributed by atoms with van der Waals surface area (Å²) in [5, 5.41) is 2.56. The smallest absolute Gasteiger partial charge is 0.261 e. The second-order valence-corrected chi connectivity index (χ2v) is 15.2. The molecule has 0 spiro atoms. The van der Waals surface area contributed by atoms with Crippen molar-refractivity contribution in [2.24, 2.45) is 11.8 Å². The Bertz CT molecular complexity index is 931. The Morgan fingerprint density at radius 2 is 1.49 bits per heavy atom. The number of hydrogen-bond acceptors (Lipinski definition) is 1. The minimum atomic E-state index is -2.61. The normalized spacial score (nSPS) is 16.5. The van der Waals surface area contributed by atoms with E-state index in [4.69, 9.17) is 4.43 Å². The first-order valence-corrected chi connectivity index (χ1v) is 15.3. The van der Waals surface area contributed by atoms with Crippen LogP contribution in [0.3, 0.4) is 0 Å². The van der Waals surface area contributed by atoms with Crippen molar-refractivity contribution in [1.82, 2.24) is 0 Å². The summed E-state index contributed by atoms with van der Waals surface area (Å²) in [4.78, 5) is 0. The van der Waals surface area contributed by atoms with Crippen LogP contribution in [0, 0.1) is 23.7 Å². The predicted molar refractivity (Wildman–Crippen MR) is 155 cm³/mol. The first-order valence-electron chi connectivity index (χ1n) is 13.4. The molecule has 2 aromatic carbocycles. The third-order valence-corrected chi connectivity index (χ3v) is 12.5. The highest BCUT2D eigenvalue weighted by molar-refractivity contribution is 6.99. The van der Waals surface area contributed by atoms with Crippen molar-refractivity contribution in [3.05, 3.63) is 86.0 Å². The minimum Gasteiger partial charge on any atom is -0.401 e. The largest absolute Gasteiger partial charge is 0.401 e. The molecule has 2 heteroatoms. The summed E-state index contributed by atoms with van der Waals surface area (Å²) < 4.78 is 7.29. The maximum atomic E-state index is 7.29. The molecule has 0 bridgehead atoms. The van der Waals surface area contributed by atoms with Crippen molar-refractivity contribution < 1.29 is 4.43 Å². The molecule has 1 saturated carbocycles. The van der Waals surface area contributed by atoms with Gasteiger partial charge in [0.1, 0.15) is 0 Å². The van der Waals surface area contributed by atoms with Gasteiger partial charge in [-0.3, -0.25) is 0 Å². The first-order chi connectivity index (χ1) is 16.9. The third kappa shape index (κ3) is 7.09. The zero-order valence-corrected chi connectivity index (χ0v) is 23.1. The zero-order valence-electron chi connectivity index (χ0n) is 22.1. The Labute approximate surface area is 215 Å². The monoisotopic (exact) mass is 484 g/mol. The van der Waals surface area contributed by atoms with Crippen molar-refractivity contribution >= 4 is 18.7 Å². The van der Waals surface area contributed by atoms with E-state index in [-0.39, 0.29) is 11.1 Å². The van der Waals surface area contributed by atoms with Gasteiger partial charge in [-0.15, -0.1) is 19.1 Å². The van der Waals surface area contributed by atoms with Gasteiger partial charge in [0, 0.05) is 12.3 Å². The fourth-order valence-electron chi connectivity index (χ4n) is 5.46. The number of allylic oxidation sites excluding steroid dienone is 1. The van der Waals surface area contributed by atoms with Gasteiger partial charge in [-0.2, -0.15) is 0 Å². The van der Waals surface area contributed by atoms with Crippen LogP contribution < -0.4 is 10.4 Å². The fourth-order valence-corrected chi connectivity index (χ4v) is 10.1. The van der Waals surface area contributed by atoms with Gasteiger partial charge in [0.2, 0.25) is 0 Å². The lowest BCUT2D eigenvalue weighted by Crippen LogP contribution is -2.67. The van der Waals surface area contributed by atoms with E-state index in [9.17, 15) is 0 Å². The molecular weight excluding hydrogens is 440 g/mol. The average Bonchev–Trinajstić information content (AvgIpc) is 2.88. The zero-order chi connectivity index (χ0) is 25.2. The van der Waals surface area contributed by atoms with Crippen LogP contribution in [-0.4, -0.2) is 14.4 Å². The van der Waals surface area contributed by atoms with Gasteiger partial charge in [-0.25, -0.2) is 0 Å². The molecule has 0 aliphatic heterocycles. The van der Waals surface area contributed by atoms with Crippen molar-refractivity contribution in [2.45, 2.75) is 83.3 Å². The predicted octanol–water partition coefficient (Wildman–Crippen LogP) is 7.67. The van der Waals surface area contributed by atoms with Crippen LogP contribution in [0.2, 0.25) is 5.04 Å². The summed E-state index contributed by atoms with van der Waals surface area (Å²) in [6.07, 6.45) is 13.5. The van der Waals surface area contributed by atoms with Gasteiger partial charge < -0.3 is 4.43 Å². The number of rotatable bonds is 10. The van der Waals surface area contributed by atoms with E-state index in [1.54, 1.807) is 0 Å². The molecule has 0 radical (unpaired) electrons. The van der Waals surface area contributed by atoms with Gasteiger partial charge in [-0.05, 0) is 47.0 Å². The molecule has 0 aromatic heterocycles. The van der Waals surface area contributed by atoms with Gasteiger partial charge in [0.25, 0.3) is 8.32 Å². The maximum Gasteiger partial charge on any atom is 0.261 e. The van der Waals surface area contributed by atoms with E-state index in [1.165, 1.54) is 42.5 Å². The first kappa shape index (κ1) is 27.2. The van der Waals surface area contributed by atoms with Crippen LogP contribution in [0.5, 0.6) is 0 Å². The van der Waals surface area contributed by atoms with E-state index < -0.39 is 8.32 Å². The highest BCUT2D eigenvalue weighted by atomic mass is 28.4. The molecule has 2 aromatic rings. The molecule has 1 aliphatic carbocycles. The third-order valence-electron chi connectivity index (χ3n) is 7.43. The summed E-state index contributed by atoms with van der Waals surface area (Å²) in [7, 11) is -2.61. The number of hydrogen-bond donors (Lipinski definition) is 0. The average molecular weight is 485 g/mol. The van der Waals surface area contributed by atoms with Gasteiger partial charge in [0.05, 0.1) is 6.10 Å². The molecule has 186 valence electrons. The Morgan fingerprint density at radius 3 is 1.97 bits per heavy atom. The Morgan fingerprint density at radius 1 is 0.914 bits per heavy atom. The van der Waals surface area contributed by atoms with Crippen LogP contribution in [0.1, 0.15) is 72.1 Å². The van der Waals surface area contributed by atoms with Crippen molar-refractivity contribution in [1.29, 1.82) is 0 Å². The quantitative estimate of drug-likeness (QED) is 0.191. The number of benzene rings is 2. The van der Waals surface area contributed by atoms with Crippen LogP contribution >= 0.6 is 0 Å². The van der Waals surface area contributed by atoms with Crippen molar-refractivity contribution in [3.8, 4) is 11.8 Å². The van der Waals surface area contributed by atoms with E-state index in [0.717, 1.165) is 19.3 Å². The standard InChI is InChI=1S/C33H44OSi/c1-6-28(19-17-18-22-29-20-11-8-12-21-29)27-30(7-2)34-35(33(3,4)5,31-23-13-9-14-24-31)32-25-15-10-16-26-32/h6-7,9-10,13-16,23-26,28-30H,1-2,8,11-12,17,19-21,27H2,3-5H3/t28-,30-/m0/s1. The second kappa shape index (κ2) is 13.1. The van der Waals surface area contributed by atoms with E-state index >= 15 is 0 Å². The topological polar surface area (TPSA) is 9.23 Å². The van der Waals surface area contributed by atoms with Crippen molar-refractivity contribution in [3.63, 3.8) is 0 Å². The van der Waals surface area contributed by atoms with Crippen LogP contribution in [0.25, 0.3) is 0 Å². The lowest BCUT2D eigenvalue weighted by atomic mass is 9.89. The Kier molecular flexibility index (Phi) is 10.2. The molecule has 0 N–H and O–H groups in total. The lowest BCUT2D eigenvalue weighted by Gasteiger charge is -2.45. The Balaban J connectivity index is 1.81. The maximum absolute atomic E-state index is 7.29. The highest BCUT2D eigenvalue weighted by Crippen LogP contribution is 2.38. The Hall–Kier alpha value is -2.34. The molecule has 2 atom stereocenters. The summed E-state index contributed by atoms with van der Waals surface area (Å²) in [5.41, 5.74) is 0. The molecule has 0 saturated heterocycles. The highest BCUT2D eigenvalue weighted by Gasteiger charge is 2.51. The molecule has 1 nitrogen and oxygen atoms in total. The van der Waals surface area contributed by atoms with Gasteiger partial charge >= 0.3 is 0 Å². The van der Waals surface area contributed by atoms with Crippen LogP contribution in [-0.2, 0) is 4.43 Å². The SMILES string of the molecule is C=C[C@@H](CCC#CC1CCCCC1)C[C@H](C=C)O[Si](c1ccccc1)(c1ccccc1)C(C)(C)C. The van der Waals surface area contributed by atoms with E-state index in [1.807, 2.05) is 6.08 Å². The molecule has 0 unspecified atom stereocenters. The van der Waals surface area contributed by atoms with Gasteiger partial charge in [-0.1, -0.05) is 119 Å². The van der Waals surface area contributed by atoms with E-state index in [0.29, 0.717) is 11.8 Å². The lowest BCUT2D eigenvalue weighted by molar-refractivity contribution is 0.205. The summed E-state index contributed by atoms with van der Waals surface area (Å²) in [6.45, 7) is 15.3.